The van der Waals surface area contributed by atoms with Crippen molar-refractivity contribution < 1.29 is 155 Å². The molecule has 0 aliphatic heterocycles. The molecule has 0 aliphatic carbocycles. The predicted octanol–water partition coefficient (Wildman–Crippen LogP) is -6.38. The summed E-state index contributed by atoms with van der Waals surface area (Å²) >= 11 is 11.4. The maximum absolute atomic E-state index is 12.3. The van der Waals surface area contributed by atoms with E-state index in [1.54, 1.807) is 0 Å². The van der Waals surface area contributed by atoms with Gasteiger partial charge in [-0.05, 0) is 59.6 Å². The van der Waals surface area contributed by atoms with Crippen LogP contribution in [0.25, 0.3) is 10.8 Å². The monoisotopic (exact) mass is 795 g/mol. The van der Waals surface area contributed by atoms with Crippen LogP contribution >= 0.6 is 23.2 Å². The number of phenols is 2. The smallest absolute Gasteiger partial charge is 0.744 e. The number of hydrogen-bond donors (Lipinski definition) is 3. The molecule has 1 heterocycles. The van der Waals surface area contributed by atoms with Gasteiger partial charge in [-0.2, -0.15) is 15.0 Å². The van der Waals surface area contributed by atoms with Crippen LogP contribution < -0.4 is 94.0 Å². The number of anilines is 2. The SMILES string of the molecule is O=S(=O)([O-])c1ccc(O)c(N=Nc2c(S(=O)(=O)[O-])cc3c(S(=O)(=O)[O-])c(Nc4nc(Cl)nc(Cl)n4)ccc3c2O)c1.[Cu+2].[Na+].[Na+].[Na+]. The first-order valence-electron chi connectivity index (χ1n) is 10.2. The molecule has 1 radical (unpaired) electrons. The Balaban J connectivity index is 0.00000484. The molecule has 45 heavy (non-hydrogen) atoms. The van der Waals surface area contributed by atoms with Crippen molar-refractivity contribution in [2.24, 2.45) is 10.2 Å². The first-order chi connectivity index (χ1) is 18.9. The number of halogens is 2. The van der Waals surface area contributed by atoms with Gasteiger partial charge in [0.25, 0.3) is 0 Å². The topological polar surface area (TPSA) is 287 Å². The Morgan fingerprint density at radius 1 is 0.733 bits per heavy atom. The number of benzene rings is 3. The zero-order valence-electron chi connectivity index (χ0n) is 22.6. The molecule has 17 nitrogen and oxygen atoms in total. The number of nitrogens with one attached hydrogen (secondary N) is 1. The Hall–Kier alpha value is -0.241. The number of aromatic nitrogens is 3. The molecule has 0 fully saturated rings. The van der Waals surface area contributed by atoms with Crippen LogP contribution in [0.1, 0.15) is 0 Å². The van der Waals surface area contributed by atoms with Gasteiger partial charge in [0.2, 0.25) is 16.5 Å². The molecule has 0 amide bonds. The van der Waals surface area contributed by atoms with Gasteiger partial charge in [-0.25, -0.2) is 25.3 Å². The van der Waals surface area contributed by atoms with Gasteiger partial charge < -0.3 is 29.2 Å². The summed E-state index contributed by atoms with van der Waals surface area (Å²) in [6.45, 7) is 0. The number of phenolic OH excluding ortho intramolecular Hbond substituents is 2. The van der Waals surface area contributed by atoms with Crippen LogP contribution in [-0.4, -0.2) is 64.1 Å². The molecular formula is C19H9Cl2CuN6Na3O11S3+2. The Kier molecular flexibility index (Phi) is 16.8. The van der Waals surface area contributed by atoms with Crippen LogP contribution in [0.15, 0.2) is 61.3 Å². The summed E-state index contributed by atoms with van der Waals surface area (Å²) < 4.78 is 107. The second-order valence-electron chi connectivity index (χ2n) is 7.64. The van der Waals surface area contributed by atoms with Gasteiger partial charge in [0.1, 0.15) is 47.5 Å². The molecule has 3 aromatic carbocycles. The quantitative estimate of drug-likeness (QED) is 0.0891. The van der Waals surface area contributed by atoms with Crippen LogP contribution in [0.3, 0.4) is 0 Å². The third-order valence-electron chi connectivity index (χ3n) is 5.02. The average molecular weight is 797 g/mol. The standard InChI is InChI=1S/C19H12Cl2N6O11S3.Cu.3Na/c20-17-23-18(21)25-19(24-17)22-10-3-2-8-9(16(10)41(36,37)38)6-13(40(33,34)35)14(15(8)29)27-26-11-5-7(39(30,31)32)1-4-12(11)28;;;;/h1-6,28-29H,(H,30,31,32)(H,33,34,35)(H,36,37,38)(H,22,23,24,25);;;;/q;+2;3*+1/p-3. The molecule has 0 saturated heterocycles. The summed E-state index contributed by atoms with van der Waals surface area (Å²) in [4.78, 5) is 7.42. The van der Waals surface area contributed by atoms with E-state index in [9.17, 15) is 49.1 Å². The number of nitrogens with zero attached hydrogens (tertiary/aromatic N) is 5. The summed E-state index contributed by atoms with van der Waals surface area (Å²) in [6, 6.07) is 4.44. The van der Waals surface area contributed by atoms with E-state index in [4.69, 9.17) is 23.2 Å². The van der Waals surface area contributed by atoms with Crippen LogP contribution in [0.2, 0.25) is 10.6 Å². The van der Waals surface area contributed by atoms with Crippen LogP contribution in [-0.2, 0) is 47.4 Å². The maximum Gasteiger partial charge on any atom is 2.00 e. The van der Waals surface area contributed by atoms with E-state index >= 15 is 0 Å². The van der Waals surface area contributed by atoms with Gasteiger partial charge >= 0.3 is 106 Å². The van der Waals surface area contributed by atoms with E-state index in [1.807, 2.05) is 0 Å². The molecule has 0 atom stereocenters. The Morgan fingerprint density at radius 3 is 1.82 bits per heavy atom. The predicted molar refractivity (Wildman–Crippen MR) is 135 cm³/mol. The fraction of sp³-hybridized carbons (Fsp3) is 0. The molecule has 0 saturated carbocycles. The van der Waals surface area contributed by atoms with E-state index in [1.165, 1.54) is 0 Å². The van der Waals surface area contributed by atoms with Gasteiger partial charge in [0.15, 0.2) is 5.75 Å². The minimum Gasteiger partial charge on any atom is -0.744 e. The third-order valence-corrected chi connectivity index (χ3v) is 7.98. The summed E-state index contributed by atoms with van der Waals surface area (Å²) in [7, 11) is -16.1. The van der Waals surface area contributed by atoms with Crippen molar-refractivity contribution in [2.45, 2.75) is 14.7 Å². The molecule has 4 rings (SSSR count). The van der Waals surface area contributed by atoms with E-state index in [0.29, 0.717) is 12.1 Å². The van der Waals surface area contributed by atoms with Crippen molar-refractivity contribution in [1.82, 2.24) is 15.0 Å². The summed E-state index contributed by atoms with van der Waals surface area (Å²) in [6.07, 6.45) is 0. The Labute approximate surface area is 341 Å². The molecule has 3 N–H and O–H groups in total. The average Bonchev–Trinajstić information content (AvgIpc) is 2.81. The fourth-order valence-corrected chi connectivity index (χ4v) is 5.71. The molecule has 0 spiro atoms. The minimum atomic E-state index is -5.60. The van der Waals surface area contributed by atoms with E-state index in [2.05, 4.69) is 30.5 Å². The van der Waals surface area contributed by atoms with Crippen molar-refractivity contribution in [3.63, 3.8) is 0 Å². The Bertz CT molecular complexity index is 2110. The van der Waals surface area contributed by atoms with Crippen LogP contribution in [0, 0.1) is 0 Å². The third kappa shape index (κ3) is 10.6. The van der Waals surface area contributed by atoms with Crippen molar-refractivity contribution >= 4 is 87.3 Å². The number of fused-ring (bicyclic) bond motifs is 1. The minimum absolute atomic E-state index is 0. The summed E-state index contributed by atoms with van der Waals surface area (Å²) in [5.41, 5.74) is -2.31. The summed E-state index contributed by atoms with van der Waals surface area (Å²) in [5, 5.41) is 27.8. The van der Waals surface area contributed by atoms with Gasteiger partial charge in [0, 0.05) is 10.8 Å². The van der Waals surface area contributed by atoms with Crippen molar-refractivity contribution in [3.05, 3.63) is 47.0 Å². The van der Waals surface area contributed by atoms with Crippen molar-refractivity contribution in [1.29, 1.82) is 0 Å². The van der Waals surface area contributed by atoms with Gasteiger partial charge in [-0.15, -0.1) is 10.2 Å². The molecular weight excluding hydrogens is 788 g/mol. The molecule has 26 heteroatoms. The molecule has 0 bridgehead atoms. The van der Waals surface area contributed by atoms with E-state index in [-0.39, 0.29) is 106 Å². The van der Waals surface area contributed by atoms with Gasteiger partial charge in [-0.3, -0.25) is 0 Å². The second kappa shape index (κ2) is 16.9. The van der Waals surface area contributed by atoms with E-state index < -0.39 is 101 Å². The number of hydrogen-bond acceptors (Lipinski definition) is 17. The number of aromatic hydroxyl groups is 2. The molecule has 0 unspecified atom stereocenters. The van der Waals surface area contributed by atoms with Crippen molar-refractivity contribution in [3.8, 4) is 11.5 Å². The molecule has 225 valence electrons. The van der Waals surface area contributed by atoms with Gasteiger partial charge in [-0.1, -0.05) is 0 Å². The maximum atomic E-state index is 12.3. The molecule has 0 aliphatic rings. The first-order valence-corrected chi connectivity index (χ1v) is 15.1. The van der Waals surface area contributed by atoms with Crippen molar-refractivity contribution in [2.75, 3.05) is 5.32 Å². The largest absolute Gasteiger partial charge is 2.00 e. The zero-order chi connectivity index (χ0) is 30.5. The normalized spacial score (nSPS) is 11.6. The Morgan fingerprint density at radius 2 is 1.31 bits per heavy atom. The second-order valence-corrected chi connectivity index (χ2v) is 12.4. The number of rotatable bonds is 7. The fourth-order valence-electron chi connectivity index (χ4n) is 3.39. The summed E-state index contributed by atoms with van der Waals surface area (Å²) in [5.74, 6) is -2.33. The van der Waals surface area contributed by atoms with Crippen LogP contribution in [0.5, 0.6) is 11.5 Å². The number of azo groups is 1. The van der Waals surface area contributed by atoms with E-state index in [0.717, 1.165) is 24.3 Å². The van der Waals surface area contributed by atoms with Crippen LogP contribution in [0.4, 0.5) is 23.0 Å². The first kappa shape index (κ1) is 44.8. The zero-order valence-corrected chi connectivity index (χ0v) is 33.5. The van der Waals surface area contributed by atoms with Gasteiger partial charge in [0.05, 0.1) is 20.4 Å². The molecule has 1 aromatic heterocycles. The molecule has 4 aromatic rings.